The Morgan fingerprint density at radius 1 is 1.19 bits per heavy atom. The summed E-state index contributed by atoms with van der Waals surface area (Å²) in [5.41, 5.74) is 0.893. The molecule has 32 heavy (non-hydrogen) atoms. The molecule has 2 atom stereocenters. The minimum atomic E-state index is -0.536. The van der Waals surface area contributed by atoms with Gasteiger partial charge in [-0.25, -0.2) is 19.2 Å². The van der Waals surface area contributed by atoms with E-state index in [0.29, 0.717) is 18.8 Å². The van der Waals surface area contributed by atoms with Crippen LogP contribution in [0.2, 0.25) is 0 Å². The summed E-state index contributed by atoms with van der Waals surface area (Å²) in [5.74, 6) is 0.520. The number of rotatable bonds is 2. The molecule has 1 aliphatic heterocycles. The Balaban J connectivity index is 1.68. The molecular formula is C23H27FIN5O2. The van der Waals surface area contributed by atoms with E-state index < -0.39 is 5.60 Å². The van der Waals surface area contributed by atoms with E-state index in [-0.39, 0.29) is 24.0 Å². The van der Waals surface area contributed by atoms with Crippen molar-refractivity contribution in [2.45, 2.75) is 52.3 Å². The van der Waals surface area contributed by atoms with Crippen molar-refractivity contribution in [2.75, 3.05) is 18.0 Å². The van der Waals surface area contributed by atoms with Gasteiger partial charge in [0, 0.05) is 40.6 Å². The van der Waals surface area contributed by atoms with Crippen molar-refractivity contribution in [2.24, 2.45) is 0 Å². The molecule has 4 rings (SSSR count). The van der Waals surface area contributed by atoms with E-state index >= 15 is 0 Å². The van der Waals surface area contributed by atoms with Gasteiger partial charge in [0.05, 0.1) is 5.39 Å². The van der Waals surface area contributed by atoms with Gasteiger partial charge in [-0.05, 0) is 75.4 Å². The summed E-state index contributed by atoms with van der Waals surface area (Å²) in [4.78, 5) is 25.8. The van der Waals surface area contributed by atoms with Gasteiger partial charge in [-0.3, -0.25) is 4.57 Å². The predicted molar refractivity (Wildman–Crippen MR) is 131 cm³/mol. The summed E-state index contributed by atoms with van der Waals surface area (Å²) >= 11 is 2.27. The van der Waals surface area contributed by atoms with Crippen LogP contribution < -0.4 is 4.90 Å². The second-order valence-corrected chi connectivity index (χ2v) is 10.4. The Labute approximate surface area is 200 Å². The van der Waals surface area contributed by atoms with Crippen LogP contribution in [0.4, 0.5) is 15.0 Å². The van der Waals surface area contributed by atoms with Crippen LogP contribution in [0, 0.1) is 9.39 Å². The largest absolute Gasteiger partial charge is 0.444 e. The minimum Gasteiger partial charge on any atom is -0.444 e. The summed E-state index contributed by atoms with van der Waals surface area (Å²) in [7, 11) is 0. The first-order chi connectivity index (χ1) is 15.0. The SMILES string of the molecule is CC1CN(c2ncnc3c2c(I)cn3-c2cccc(F)c2)C(C)CN1C(=O)OC(C)(C)C. The molecule has 0 bridgehead atoms. The second kappa shape index (κ2) is 8.49. The number of carbonyl (C=O) groups excluding carboxylic acids is 1. The Bertz CT molecular complexity index is 1160. The van der Waals surface area contributed by atoms with Crippen LogP contribution in [0.25, 0.3) is 16.7 Å². The van der Waals surface area contributed by atoms with E-state index in [1.807, 2.05) is 44.5 Å². The molecule has 0 aliphatic carbocycles. The van der Waals surface area contributed by atoms with Crippen molar-refractivity contribution in [1.82, 2.24) is 19.4 Å². The molecule has 1 saturated heterocycles. The maximum absolute atomic E-state index is 13.8. The number of amides is 1. The van der Waals surface area contributed by atoms with Crippen molar-refractivity contribution < 1.29 is 13.9 Å². The van der Waals surface area contributed by atoms with E-state index in [1.165, 1.54) is 12.1 Å². The van der Waals surface area contributed by atoms with E-state index in [2.05, 4.69) is 44.4 Å². The molecule has 3 heterocycles. The number of anilines is 1. The highest BCUT2D eigenvalue weighted by Gasteiger charge is 2.36. The zero-order chi connectivity index (χ0) is 23.2. The number of ether oxygens (including phenoxy) is 1. The Morgan fingerprint density at radius 2 is 1.94 bits per heavy atom. The topological polar surface area (TPSA) is 63.5 Å². The van der Waals surface area contributed by atoms with Crippen LogP contribution in [0.5, 0.6) is 0 Å². The van der Waals surface area contributed by atoms with Gasteiger partial charge >= 0.3 is 6.09 Å². The highest BCUT2D eigenvalue weighted by molar-refractivity contribution is 14.1. The molecule has 3 aromatic rings. The number of nitrogens with zero attached hydrogens (tertiary/aromatic N) is 5. The Hall–Kier alpha value is -2.43. The molecule has 7 nitrogen and oxygen atoms in total. The monoisotopic (exact) mass is 551 g/mol. The second-order valence-electron chi connectivity index (χ2n) is 9.21. The molecule has 2 aromatic heterocycles. The van der Waals surface area contributed by atoms with Crippen LogP contribution in [0.1, 0.15) is 34.6 Å². The lowest BCUT2D eigenvalue weighted by molar-refractivity contribution is 0.0130. The maximum Gasteiger partial charge on any atom is 0.410 e. The number of aromatic nitrogens is 3. The van der Waals surface area contributed by atoms with Crippen molar-refractivity contribution in [3.8, 4) is 5.69 Å². The summed E-state index contributed by atoms with van der Waals surface area (Å²) in [6.07, 6.45) is 3.20. The first-order valence-electron chi connectivity index (χ1n) is 10.6. The molecule has 0 N–H and O–H groups in total. The van der Waals surface area contributed by atoms with Crippen LogP contribution >= 0.6 is 22.6 Å². The van der Waals surface area contributed by atoms with Crippen molar-refractivity contribution in [3.63, 3.8) is 0 Å². The van der Waals surface area contributed by atoms with E-state index in [4.69, 9.17) is 4.74 Å². The van der Waals surface area contributed by atoms with Gasteiger partial charge in [-0.2, -0.15) is 0 Å². The van der Waals surface area contributed by atoms with Crippen molar-refractivity contribution in [1.29, 1.82) is 0 Å². The number of benzene rings is 1. The zero-order valence-electron chi connectivity index (χ0n) is 18.8. The fourth-order valence-corrected chi connectivity index (χ4v) is 4.80. The van der Waals surface area contributed by atoms with Crippen LogP contribution in [0.15, 0.2) is 36.8 Å². The smallest absolute Gasteiger partial charge is 0.410 e. The summed E-state index contributed by atoms with van der Waals surface area (Å²) < 4.78 is 22.3. The number of hydrogen-bond acceptors (Lipinski definition) is 5. The quantitative estimate of drug-likeness (QED) is 0.420. The lowest BCUT2D eigenvalue weighted by Crippen LogP contribution is -2.59. The first-order valence-corrected chi connectivity index (χ1v) is 11.7. The molecule has 1 aliphatic rings. The van der Waals surface area contributed by atoms with E-state index in [0.717, 1.165) is 20.4 Å². The van der Waals surface area contributed by atoms with Gasteiger partial charge in [0.1, 0.15) is 23.6 Å². The Kier molecular flexibility index (Phi) is 6.04. The average Bonchev–Trinajstić information content (AvgIpc) is 3.05. The van der Waals surface area contributed by atoms with Crippen LogP contribution in [-0.4, -0.2) is 56.3 Å². The van der Waals surface area contributed by atoms with E-state index in [9.17, 15) is 9.18 Å². The minimum absolute atomic E-state index is 0.0325. The molecule has 0 radical (unpaired) electrons. The predicted octanol–water partition coefficient (Wildman–Crippen LogP) is 5.00. The molecule has 170 valence electrons. The van der Waals surface area contributed by atoms with Gasteiger partial charge in [-0.15, -0.1) is 0 Å². The van der Waals surface area contributed by atoms with E-state index in [1.54, 1.807) is 17.3 Å². The third-order valence-electron chi connectivity index (χ3n) is 5.49. The number of fused-ring (bicyclic) bond motifs is 1. The normalized spacial score (nSPS) is 19.5. The van der Waals surface area contributed by atoms with Crippen LogP contribution in [-0.2, 0) is 4.74 Å². The van der Waals surface area contributed by atoms with Gasteiger partial charge in [0.2, 0.25) is 0 Å². The maximum atomic E-state index is 13.8. The first kappa shape index (κ1) is 22.8. The molecule has 1 fully saturated rings. The summed E-state index contributed by atoms with van der Waals surface area (Å²) in [5, 5.41) is 0.919. The van der Waals surface area contributed by atoms with Crippen molar-refractivity contribution in [3.05, 3.63) is 46.2 Å². The number of halogens is 2. The molecule has 2 unspecified atom stereocenters. The molecule has 0 spiro atoms. The number of hydrogen-bond donors (Lipinski definition) is 0. The summed E-state index contributed by atoms with van der Waals surface area (Å²) in [6, 6.07) is 6.43. The van der Waals surface area contributed by atoms with Crippen LogP contribution in [0.3, 0.4) is 0 Å². The van der Waals surface area contributed by atoms with Gasteiger partial charge in [0.25, 0.3) is 0 Å². The third-order valence-corrected chi connectivity index (χ3v) is 6.31. The van der Waals surface area contributed by atoms with Gasteiger partial charge in [0.15, 0.2) is 5.65 Å². The van der Waals surface area contributed by atoms with Gasteiger partial charge < -0.3 is 14.5 Å². The fourth-order valence-electron chi connectivity index (χ4n) is 4.04. The zero-order valence-corrected chi connectivity index (χ0v) is 21.0. The highest BCUT2D eigenvalue weighted by Crippen LogP contribution is 2.34. The number of carbonyl (C=O) groups is 1. The number of piperazine rings is 1. The third kappa shape index (κ3) is 4.39. The lowest BCUT2D eigenvalue weighted by Gasteiger charge is -2.44. The van der Waals surface area contributed by atoms with Crippen molar-refractivity contribution >= 4 is 45.5 Å². The highest BCUT2D eigenvalue weighted by atomic mass is 127. The fraction of sp³-hybridized carbons (Fsp3) is 0.435. The Morgan fingerprint density at radius 3 is 2.62 bits per heavy atom. The van der Waals surface area contributed by atoms with Gasteiger partial charge in [-0.1, -0.05) is 6.07 Å². The lowest BCUT2D eigenvalue weighted by atomic mass is 10.1. The summed E-state index contributed by atoms with van der Waals surface area (Å²) in [6.45, 7) is 10.9. The molecule has 1 amide bonds. The molecule has 0 saturated carbocycles. The molecule has 9 heteroatoms. The average molecular weight is 551 g/mol. The molecule has 1 aromatic carbocycles. The standard InChI is InChI=1S/C23H27FIN5O2/c1-14-11-29(22(31)32-23(3,4)5)15(2)10-28(14)20-19-18(25)12-30(21(19)27-13-26-20)17-8-6-7-16(24)9-17/h6-9,12-15H,10-11H2,1-5H3. The molecular weight excluding hydrogens is 524 g/mol.